The Hall–Kier alpha value is -4.70. The topological polar surface area (TPSA) is 126 Å². The van der Waals surface area contributed by atoms with Crippen molar-refractivity contribution in [3.63, 3.8) is 0 Å². The Labute approximate surface area is 268 Å². The zero-order valence-corrected chi connectivity index (χ0v) is 26.6. The highest BCUT2D eigenvalue weighted by atomic mass is 16.6. The molecule has 2 aliphatic rings. The maximum absolute atomic E-state index is 13.3. The standard InChI is InChI=1S/C36H39NO9/c1-22(2)42-18-10-8-6-5-7-9-17-37-34(40)25-11-14-28-31(19-25)36(46-35(28)41)29-15-12-26(43-23(3)38)20-32(29)45-33-21-27(44-24(4)39)13-16-30(33)36/h11-16,19-22H,5-10,17-18H2,1-4H3,(H,37,40). The summed E-state index contributed by atoms with van der Waals surface area (Å²) in [5, 5.41) is 3.00. The smallest absolute Gasteiger partial charge is 0.340 e. The first kappa shape index (κ1) is 32.7. The third kappa shape index (κ3) is 7.07. The molecule has 1 spiro atoms. The third-order valence-corrected chi connectivity index (χ3v) is 7.84. The number of ether oxygens (including phenoxy) is 5. The quantitative estimate of drug-likeness (QED) is 0.126. The van der Waals surface area contributed by atoms with Gasteiger partial charge >= 0.3 is 17.9 Å². The number of rotatable bonds is 13. The summed E-state index contributed by atoms with van der Waals surface area (Å²) in [6.07, 6.45) is 6.55. The maximum Gasteiger partial charge on any atom is 0.340 e. The first-order valence-corrected chi connectivity index (χ1v) is 15.7. The molecule has 0 radical (unpaired) electrons. The van der Waals surface area contributed by atoms with Gasteiger partial charge in [0.25, 0.3) is 5.91 Å². The number of amides is 1. The van der Waals surface area contributed by atoms with Crippen LogP contribution in [-0.4, -0.2) is 43.1 Å². The molecule has 0 unspecified atom stereocenters. The van der Waals surface area contributed by atoms with Crippen LogP contribution in [0.15, 0.2) is 54.6 Å². The van der Waals surface area contributed by atoms with Crippen molar-refractivity contribution in [1.82, 2.24) is 5.32 Å². The summed E-state index contributed by atoms with van der Waals surface area (Å²) >= 11 is 0. The molecule has 0 aliphatic carbocycles. The molecule has 3 aromatic carbocycles. The molecule has 0 bridgehead atoms. The van der Waals surface area contributed by atoms with Gasteiger partial charge in [-0.1, -0.05) is 25.7 Å². The Morgan fingerprint density at radius 2 is 1.35 bits per heavy atom. The van der Waals surface area contributed by atoms with E-state index >= 15 is 0 Å². The summed E-state index contributed by atoms with van der Waals surface area (Å²) in [7, 11) is 0. The monoisotopic (exact) mass is 629 g/mol. The normalized spacial score (nSPS) is 13.7. The van der Waals surface area contributed by atoms with Crippen molar-refractivity contribution in [1.29, 1.82) is 0 Å². The zero-order valence-electron chi connectivity index (χ0n) is 26.6. The lowest BCUT2D eigenvalue weighted by Crippen LogP contribution is -2.33. The molecule has 0 saturated heterocycles. The molecule has 10 nitrogen and oxygen atoms in total. The van der Waals surface area contributed by atoms with Gasteiger partial charge in [-0.25, -0.2) is 4.79 Å². The highest BCUT2D eigenvalue weighted by Gasteiger charge is 2.54. The highest BCUT2D eigenvalue weighted by Crippen LogP contribution is 2.57. The predicted molar refractivity (Wildman–Crippen MR) is 168 cm³/mol. The van der Waals surface area contributed by atoms with E-state index in [4.69, 9.17) is 23.7 Å². The summed E-state index contributed by atoms with van der Waals surface area (Å²) in [6.45, 7) is 7.98. The van der Waals surface area contributed by atoms with E-state index in [0.29, 0.717) is 34.4 Å². The second-order valence-electron chi connectivity index (χ2n) is 11.7. The predicted octanol–water partition coefficient (Wildman–Crippen LogP) is 6.60. The molecule has 46 heavy (non-hydrogen) atoms. The van der Waals surface area contributed by atoms with Crippen LogP contribution >= 0.6 is 0 Å². The van der Waals surface area contributed by atoms with Crippen LogP contribution in [0.4, 0.5) is 0 Å². The molecule has 2 heterocycles. The van der Waals surface area contributed by atoms with Gasteiger partial charge in [-0.15, -0.1) is 0 Å². The lowest BCUT2D eigenvalue weighted by Gasteiger charge is -2.36. The number of fused-ring (bicyclic) bond motifs is 6. The molecule has 3 aromatic rings. The number of esters is 3. The minimum atomic E-state index is -1.48. The average Bonchev–Trinajstić information content (AvgIpc) is 3.28. The Kier molecular flexibility index (Phi) is 10.1. The number of hydrogen-bond acceptors (Lipinski definition) is 9. The molecule has 5 rings (SSSR count). The molecule has 0 aromatic heterocycles. The minimum Gasteiger partial charge on any atom is -0.456 e. The van der Waals surface area contributed by atoms with Crippen molar-refractivity contribution >= 4 is 23.8 Å². The van der Waals surface area contributed by atoms with Gasteiger partial charge in [0, 0.05) is 61.4 Å². The summed E-state index contributed by atoms with van der Waals surface area (Å²) in [6, 6.07) is 14.5. The van der Waals surface area contributed by atoms with Gasteiger partial charge in [-0.2, -0.15) is 0 Å². The van der Waals surface area contributed by atoms with E-state index in [0.717, 1.165) is 45.1 Å². The second kappa shape index (κ2) is 14.2. The van der Waals surface area contributed by atoms with Gasteiger partial charge in [0.2, 0.25) is 0 Å². The number of benzene rings is 3. The maximum atomic E-state index is 13.3. The molecule has 2 aliphatic heterocycles. The van der Waals surface area contributed by atoms with Gasteiger partial charge in [0.05, 0.1) is 11.7 Å². The fraction of sp³-hybridized carbons (Fsp3) is 0.389. The number of carbonyl (C=O) groups excluding carboxylic acids is 4. The van der Waals surface area contributed by atoms with Crippen LogP contribution in [0.25, 0.3) is 0 Å². The molecule has 1 amide bonds. The lowest BCUT2D eigenvalue weighted by atomic mass is 9.77. The summed E-state index contributed by atoms with van der Waals surface area (Å²) < 4.78 is 28.5. The minimum absolute atomic E-state index is 0.235. The van der Waals surface area contributed by atoms with Gasteiger partial charge in [0.1, 0.15) is 23.0 Å². The average molecular weight is 630 g/mol. The molecular weight excluding hydrogens is 590 g/mol. The van der Waals surface area contributed by atoms with Crippen molar-refractivity contribution in [2.75, 3.05) is 13.2 Å². The van der Waals surface area contributed by atoms with Crippen molar-refractivity contribution in [2.45, 2.75) is 77.9 Å². The van der Waals surface area contributed by atoms with Crippen LogP contribution in [0.2, 0.25) is 0 Å². The summed E-state index contributed by atoms with van der Waals surface area (Å²) in [4.78, 5) is 49.9. The largest absolute Gasteiger partial charge is 0.456 e. The first-order chi connectivity index (χ1) is 22.1. The van der Waals surface area contributed by atoms with Gasteiger partial charge in [-0.05, 0) is 69.2 Å². The fourth-order valence-corrected chi connectivity index (χ4v) is 5.84. The van der Waals surface area contributed by atoms with Gasteiger partial charge in [0.15, 0.2) is 5.60 Å². The fourth-order valence-electron chi connectivity index (χ4n) is 5.84. The molecule has 0 atom stereocenters. The Balaban J connectivity index is 1.38. The van der Waals surface area contributed by atoms with E-state index < -0.39 is 23.5 Å². The zero-order chi connectivity index (χ0) is 32.8. The van der Waals surface area contributed by atoms with E-state index in [9.17, 15) is 19.2 Å². The van der Waals surface area contributed by atoms with Crippen LogP contribution in [0.5, 0.6) is 23.0 Å². The number of nitrogens with one attached hydrogen (secondary N) is 1. The van der Waals surface area contributed by atoms with E-state index in [2.05, 4.69) is 5.32 Å². The highest BCUT2D eigenvalue weighted by molar-refractivity contribution is 6.00. The third-order valence-electron chi connectivity index (χ3n) is 7.84. The van der Waals surface area contributed by atoms with Crippen LogP contribution in [0.3, 0.4) is 0 Å². The number of unbranched alkanes of at least 4 members (excludes halogenated alkanes) is 5. The molecule has 0 fully saturated rings. The molecule has 242 valence electrons. The molecule has 1 N–H and O–H groups in total. The Morgan fingerprint density at radius 1 is 0.761 bits per heavy atom. The van der Waals surface area contributed by atoms with E-state index in [1.54, 1.807) is 42.5 Å². The number of carbonyl (C=O) groups is 4. The molecular formula is C36H39NO9. The number of hydrogen-bond donors (Lipinski definition) is 1. The van der Waals surface area contributed by atoms with E-state index in [-0.39, 0.29) is 35.0 Å². The van der Waals surface area contributed by atoms with Crippen LogP contribution in [-0.2, 0) is 24.7 Å². The Bertz CT molecular complexity index is 1580. The van der Waals surface area contributed by atoms with Crippen LogP contribution in [0.1, 0.15) is 104 Å². The molecule has 10 heteroatoms. The van der Waals surface area contributed by atoms with Gasteiger partial charge < -0.3 is 29.0 Å². The van der Waals surface area contributed by atoms with Gasteiger partial charge in [-0.3, -0.25) is 14.4 Å². The Morgan fingerprint density at radius 3 is 1.93 bits per heavy atom. The van der Waals surface area contributed by atoms with E-state index in [1.807, 2.05) is 13.8 Å². The van der Waals surface area contributed by atoms with Crippen molar-refractivity contribution in [3.05, 3.63) is 82.4 Å². The van der Waals surface area contributed by atoms with Crippen molar-refractivity contribution in [2.24, 2.45) is 0 Å². The first-order valence-electron chi connectivity index (χ1n) is 15.7. The van der Waals surface area contributed by atoms with Crippen LogP contribution in [0, 0.1) is 0 Å². The second-order valence-corrected chi connectivity index (χ2v) is 11.7. The lowest BCUT2D eigenvalue weighted by molar-refractivity contribution is -0.132. The SMILES string of the molecule is CC(=O)Oc1ccc2c(c1)Oc1cc(OC(C)=O)ccc1C21OC(=O)c2ccc(C(=O)NCCCCCCCCOC(C)C)cc21. The summed E-state index contributed by atoms with van der Waals surface area (Å²) in [5.74, 6) is -0.830. The molecule has 0 saturated carbocycles. The van der Waals surface area contributed by atoms with Crippen molar-refractivity contribution in [3.8, 4) is 23.0 Å². The van der Waals surface area contributed by atoms with Crippen LogP contribution < -0.4 is 19.5 Å². The van der Waals surface area contributed by atoms with Crippen molar-refractivity contribution < 1.29 is 42.9 Å². The summed E-state index contributed by atoms with van der Waals surface area (Å²) in [5.41, 5.74) is 0.646. The van der Waals surface area contributed by atoms with E-state index in [1.165, 1.54) is 26.0 Å².